The number of carbonyl (C=O) groups is 1. The number of benzene rings is 1. The molecule has 1 atom stereocenters. The van der Waals surface area contributed by atoms with E-state index in [1.165, 1.54) is 4.88 Å². The van der Waals surface area contributed by atoms with Gasteiger partial charge in [0, 0.05) is 46.1 Å². The molecule has 0 bridgehead atoms. The lowest BCUT2D eigenvalue weighted by Gasteiger charge is -2.13. The lowest BCUT2D eigenvalue weighted by atomic mass is 10.1. The van der Waals surface area contributed by atoms with Gasteiger partial charge in [-0.1, -0.05) is 13.8 Å². The molecule has 1 aromatic carbocycles. The largest absolute Gasteiger partial charge is 0.493 e. The number of nitrogens with two attached hydrogens (primary N) is 2. The number of rotatable bonds is 9. The van der Waals surface area contributed by atoms with Crippen molar-refractivity contribution in [3.8, 4) is 16.3 Å². The van der Waals surface area contributed by atoms with Gasteiger partial charge < -0.3 is 26.3 Å². The second kappa shape index (κ2) is 11.2. The normalized spacial score (nSPS) is 17.1. The smallest absolute Gasteiger partial charge is 0.251 e. The number of carbonyl (C=O) groups excluding carboxylic acids is 1. The topological polar surface area (TPSA) is 112 Å². The van der Waals surface area contributed by atoms with Gasteiger partial charge in [0.1, 0.15) is 10.8 Å². The highest BCUT2D eigenvalue weighted by Crippen LogP contribution is 2.32. The number of allylic oxidation sites excluding steroid dienone is 3. The zero-order valence-corrected chi connectivity index (χ0v) is 19.7. The molecule has 1 unspecified atom stereocenters. The van der Waals surface area contributed by atoms with Gasteiger partial charge in [0.2, 0.25) is 0 Å². The standard InChI is InChI=1S/C24H32N4O3S/c1-15(2)22-12-28-24(32-22)19-8-18(23(29)27-11-20(26)5-4-16(3)25)9-21(10-19)31-14-17-6-7-30-13-17/h4-5,8-10,12,15,17H,6-7,11,13-14,25-26H2,1-3H3,(H,27,29)/b16-4-,20-5-. The Bertz CT molecular complexity index is 987. The number of thiazole rings is 1. The molecule has 1 fully saturated rings. The van der Waals surface area contributed by atoms with Crippen molar-refractivity contribution in [2.75, 3.05) is 26.4 Å². The van der Waals surface area contributed by atoms with Gasteiger partial charge in [0.05, 0.1) is 19.8 Å². The molecule has 1 aliphatic heterocycles. The fourth-order valence-corrected chi connectivity index (χ4v) is 4.04. The highest BCUT2D eigenvalue weighted by atomic mass is 32.1. The summed E-state index contributed by atoms with van der Waals surface area (Å²) in [7, 11) is 0. The summed E-state index contributed by atoms with van der Waals surface area (Å²) in [5, 5.41) is 3.72. The zero-order valence-electron chi connectivity index (χ0n) is 18.9. The maximum atomic E-state index is 12.9. The fourth-order valence-electron chi connectivity index (χ4n) is 3.13. The summed E-state index contributed by atoms with van der Waals surface area (Å²) >= 11 is 1.63. The minimum absolute atomic E-state index is 0.219. The summed E-state index contributed by atoms with van der Waals surface area (Å²) in [6.45, 7) is 8.30. The maximum absolute atomic E-state index is 12.9. The van der Waals surface area contributed by atoms with Crippen LogP contribution in [-0.2, 0) is 4.74 Å². The van der Waals surface area contributed by atoms with Crippen molar-refractivity contribution in [3.63, 3.8) is 0 Å². The number of ether oxygens (including phenoxy) is 2. The summed E-state index contributed by atoms with van der Waals surface area (Å²) in [5.41, 5.74) is 14.1. The Kier molecular flexibility index (Phi) is 8.30. The van der Waals surface area contributed by atoms with Gasteiger partial charge in [-0.25, -0.2) is 4.98 Å². The van der Waals surface area contributed by atoms with Crippen molar-refractivity contribution in [1.29, 1.82) is 0 Å². The summed E-state index contributed by atoms with van der Waals surface area (Å²) < 4.78 is 11.5. The third-order valence-electron chi connectivity index (χ3n) is 5.03. The van der Waals surface area contributed by atoms with Crippen LogP contribution in [-0.4, -0.2) is 37.3 Å². The molecule has 32 heavy (non-hydrogen) atoms. The van der Waals surface area contributed by atoms with Crippen LogP contribution in [0.4, 0.5) is 0 Å². The number of amides is 1. The van der Waals surface area contributed by atoms with Crippen LogP contribution >= 0.6 is 11.3 Å². The molecule has 2 aromatic rings. The molecule has 0 spiro atoms. The summed E-state index contributed by atoms with van der Waals surface area (Å²) in [5.74, 6) is 1.18. The Labute approximate surface area is 193 Å². The third-order valence-corrected chi connectivity index (χ3v) is 6.38. The van der Waals surface area contributed by atoms with E-state index in [9.17, 15) is 4.79 Å². The lowest BCUT2D eigenvalue weighted by Crippen LogP contribution is -2.28. The fraction of sp³-hybridized carbons (Fsp3) is 0.417. The molecule has 1 aliphatic rings. The first-order chi connectivity index (χ1) is 15.3. The first-order valence-corrected chi connectivity index (χ1v) is 11.6. The lowest BCUT2D eigenvalue weighted by molar-refractivity contribution is 0.0956. The van der Waals surface area contributed by atoms with Crippen molar-refractivity contribution in [2.24, 2.45) is 17.4 Å². The van der Waals surface area contributed by atoms with Crippen LogP contribution in [0, 0.1) is 5.92 Å². The number of nitrogens with one attached hydrogen (secondary N) is 1. The maximum Gasteiger partial charge on any atom is 0.251 e. The van der Waals surface area contributed by atoms with Crippen LogP contribution in [0.1, 0.15) is 48.3 Å². The zero-order chi connectivity index (χ0) is 23.1. The van der Waals surface area contributed by atoms with Crippen molar-refractivity contribution in [2.45, 2.75) is 33.1 Å². The van der Waals surface area contributed by atoms with E-state index < -0.39 is 0 Å². The van der Waals surface area contributed by atoms with Crippen molar-refractivity contribution in [1.82, 2.24) is 10.3 Å². The molecule has 0 radical (unpaired) electrons. The number of hydrogen-bond acceptors (Lipinski definition) is 7. The van der Waals surface area contributed by atoms with Gasteiger partial charge in [0.25, 0.3) is 5.91 Å². The molecule has 1 aromatic heterocycles. The summed E-state index contributed by atoms with van der Waals surface area (Å²) in [6.07, 6.45) is 6.27. The van der Waals surface area contributed by atoms with Crippen LogP contribution in [0.5, 0.6) is 5.75 Å². The highest BCUT2D eigenvalue weighted by molar-refractivity contribution is 7.15. The van der Waals surface area contributed by atoms with E-state index >= 15 is 0 Å². The van der Waals surface area contributed by atoms with Gasteiger partial charge in [-0.15, -0.1) is 11.3 Å². The predicted molar refractivity (Wildman–Crippen MR) is 129 cm³/mol. The van der Waals surface area contributed by atoms with Crippen LogP contribution in [0.3, 0.4) is 0 Å². The van der Waals surface area contributed by atoms with Gasteiger partial charge in [0.15, 0.2) is 0 Å². The van der Waals surface area contributed by atoms with E-state index in [1.54, 1.807) is 36.5 Å². The summed E-state index contributed by atoms with van der Waals surface area (Å²) in [6, 6.07) is 5.54. The van der Waals surface area contributed by atoms with E-state index in [4.69, 9.17) is 20.9 Å². The molecule has 3 rings (SSSR count). The van der Waals surface area contributed by atoms with E-state index in [0.717, 1.165) is 23.6 Å². The second-order valence-electron chi connectivity index (χ2n) is 8.34. The van der Waals surface area contributed by atoms with Crippen LogP contribution in [0.15, 0.2) is 47.9 Å². The van der Waals surface area contributed by atoms with Crippen molar-refractivity contribution in [3.05, 3.63) is 58.4 Å². The van der Waals surface area contributed by atoms with Gasteiger partial charge in [-0.3, -0.25) is 4.79 Å². The first-order valence-electron chi connectivity index (χ1n) is 10.8. The molecular formula is C24H32N4O3S. The minimum atomic E-state index is -0.230. The molecule has 1 saturated heterocycles. The van der Waals surface area contributed by atoms with E-state index in [0.29, 0.717) is 47.8 Å². The molecule has 5 N–H and O–H groups in total. The molecule has 172 valence electrons. The van der Waals surface area contributed by atoms with E-state index in [-0.39, 0.29) is 12.5 Å². The quantitative estimate of drug-likeness (QED) is 0.495. The predicted octanol–water partition coefficient (Wildman–Crippen LogP) is 3.78. The number of aromatic nitrogens is 1. The Hall–Kier alpha value is -2.84. The monoisotopic (exact) mass is 456 g/mol. The Balaban J connectivity index is 1.80. The molecule has 7 nitrogen and oxygen atoms in total. The van der Waals surface area contributed by atoms with Crippen LogP contribution in [0.25, 0.3) is 10.6 Å². The first kappa shape index (κ1) is 23.8. The molecule has 0 saturated carbocycles. The summed E-state index contributed by atoms with van der Waals surface area (Å²) in [4.78, 5) is 18.6. The SMILES string of the molecule is C/C(N)=C/C=C(\N)CNC(=O)c1cc(OCC2CCOC2)cc(-c2ncc(C(C)C)s2)c1. The molecule has 0 aliphatic carbocycles. The van der Waals surface area contributed by atoms with Gasteiger partial charge in [-0.05, 0) is 49.6 Å². The van der Waals surface area contributed by atoms with E-state index in [2.05, 4.69) is 24.1 Å². The van der Waals surface area contributed by atoms with Crippen LogP contribution < -0.4 is 21.5 Å². The average Bonchev–Trinajstić information content (AvgIpc) is 3.46. The molecule has 8 heteroatoms. The molecule has 2 heterocycles. The van der Waals surface area contributed by atoms with Crippen molar-refractivity contribution < 1.29 is 14.3 Å². The number of nitrogens with zero attached hydrogens (tertiary/aromatic N) is 1. The highest BCUT2D eigenvalue weighted by Gasteiger charge is 2.18. The Morgan fingerprint density at radius 3 is 2.81 bits per heavy atom. The average molecular weight is 457 g/mol. The van der Waals surface area contributed by atoms with E-state index in [1.807, 2.05) is 18.3 Å². The third kappa shape index (κ3) is 6.83. The Morgan fingerprint density at radius 2 is 2.16 bits per heavy atom. The second-order valence-corrected chi connectivity index (χ2v) is 9.41. The van der Waals surface area contributed by atoms with Gasteiger partial charge in [-0.2, -0.15) is 0 Å². The number of hydrogen-bond donors (Lipinski definition) is 3. The van der Waals surface area contributed by atoms with Crippen LogP contribution in [0.2, 0.25) is 0 Å². The Morgan fingerprint density at radius 1 is 1.34 bits per heavy atom. The molecular weight excluding hydrogens is 424 g/mol. The molecule has 1 amide bonds. The minimum Gasteiger partial charge on any atom is -0.493 e. The van der Waals surface area contributed by atoms with Gasteiger partial charge >= 0.3 is 0 Å². The van der Waals surface area contributed by atoms with Crippen molar-refractivity contribution >= 4 is 17.2 Å².